The van der Waals surface area contributed by atoms with Crippen molar-refractivity contribution in [3.8, 4) is 0 Å². The first-order valence-electron chi connectivity index (χ1n) is 11.2. The maximum atomic E-state index is 12.2. The second-order valence-electron chi connectivity index (χ2n) is 7.94. The fraction of sp³-hybridized carbons (Fsp3) is 0.850. The first-order chi connectivity index (χ1) is 15.7. The van der Waals surface area contributed by atoms with E-state index < -0.39 is 49.1 Å². The van der Waals surface area contributed by atoms with E-state index in [1.54, 1.807) is 0 Å². The standard InChI is InChI=1S/C20H38N4O9/c1-2-3-4-5-6-22-15(27)10-24(9-14(21)26)11-16(28)23-7-8-32-20-19(31)18(30)17(29)13(12-25)33-20/h13,17-20,25,29-31H,2-12H2,1H3,(H2,21,26)(H,22,27)(H,23,28)/t13?,17-,18?,19?,20+/m1/s1. The molecule has 0 aromatic rings. The summed E-state index contributed by atoms with van der Waals surface area (Å²) in [6.07, 6.45) is -2.95. The first-order valence-corrected chi connectivity index (χ1v) is 11.2. The lowest BCUT2D eigenvalue weighted by Gasteiger charge is -2.39. The van der Waals surface area contributed by atoms with Crippen LogP contribution in [0.5, 0.6) is 0 Å². The molecule has 1 fully saturated rings. The zero-order valence-corrected chi connectivity index (χ0v) is 19.0. The van der Waals surface area contributed by atoms with Gasteiger partial charge in [-0.1, -0.05) is 26.2 Å². The van der Waals surface area contributed by atoms with Crippen molar-refractivity contribution in [2.75, 3.05) is 45.9 Å². The zero-order valence-electron chi connectivity index (χ0n) is 19.0. The Morgan fingerprint density at radius 1 is 0.939 bits per heavy atom. The predicted octanol–water partition coefficient (Wildman–Crippen LogP) is -3.60. The summed E-state index contributed by atoms with van der Waals surface area (Å²) in [5.74, 6) is -1.47. The van der Waals surface area contributed by atoms with Gasteiger partial charge in [-0.15, -0.1) is 0 Å². The molecule has 1 rings (SSSR count). The average molecular weight is 479 g/mol. The molecule has 0 saturated carbocycles. The van der Waals surface area contributed by atoms with Crippen LogP contribution in [0.25, 0.3) is 0 Å². The number of amides is 3. The Bertz CT molecular complexity index is 608. The fourth-order valence-electron chi connectivity index (χ4n) is 3.26. The zero-order chi connectivity index (χ0) is 24.8. The second-order valence-corrected chi connectivity index (χ2v) is 7.94. The van der Waals surface area contributed by atoms with Gasteiger partial charge >= 0.3 is 0 Å². The van der Waals surface area contributed by atoms with Gasteiger partial charge in [0.15, 0.2) is 6.29 Å². The van der Waals surface area contributed by atoms with Crippen LogP contribution in [-0.4, -0.2) is 120 Å². The molecule has 0 aromatic heterocycles. The summed E-state index contributed by atoms with van der Waals surface area (Å²) in [4.78, 5) is 36.8. The van der Waals surface area contributed by atoms with Gasteiger partial charge in [-0.3, -0.25) is 19.3 Å². The lowest BCUT2D eigenvalue weighted by molar-refractivity contribution is -0.300. The Morgan fingerprint density at radius 2 is 1.58 bits per heavy atom. The molecule has 5 atom stereocenters. The number of aliphatic hydroxyl groups is 4. The molecule has 3 unspecified atom stereocenters. The highest BCUT2D eigenvalue weighted by atomic mass is 16.7. The van der Waals surface area contributed by atoms with Crippen molar-refractivity contribution in [2.45, 2.75) is 63.3 Å². The number of rotatable bonds is 16. The lowest BCUT2D eigenvalue weighted by atomic mass is 9.99. The summed E-state index contributed by atoms with van der Waals surface area (Å²) in [5.41, 5.74) is 5.20. The molecule has 0 aromatic carbocycles. The summed E-state index contributed by atoms with van der Waals surface area (Å²) in [6.45, 7) is 1.25. The van der Waals surface area contributed by atoms with Gasteiger partial charge in [-0.2, -0.15) is 0 Å². The van der Waals surface area contributed by atoms with Gasteiger partial charge in [0.1, 0.15) is 24.4 Å². The molecule has 0 radical (unpaired) electrons. The van der Waals surface area contributed by atoms with E-state index in [1.165, 1.54) is 4.90 Å². The van der Waals surface area contributed by atoms with Gasteiger partial charge in [-0.05, 0) is 6.42 Å². The van der Waals surface area contributed by atoms with Crippen LogP contribution in [0.15, 0.2) is 0 Å². The molecule has 13 heteroatoms. The van der Waals surface area contributed by atoms with E-state index in [0.717, 1.165) is 25.7 Å². The molecule has 0 bridgehead atoms. The van der Waals surface area contributed by atoms with E-state index in [2.05, 4.69) is 17.6 Å². The van der Waals surface area contributed by atoms with Crippen LogP contribution in [0.3, 0.4) is 0 Å². The Morgan fingerprint density at radius 3 is 2.15 bits per heavy atom. The number of primary amides is 1. The summed E-state index contributed by atoms with van der Waals surface area (Å²) in [5, 5.41) is 43.8. The number of carbonyl (C=O) groups is 3. The van der Waals surface area contributed by atoms with Crippen LogP contribution in [0.1, 0.15) is 32.6 Å². The number of aliphatic hydroxyl groups excluding tert-OH is 4. The minimum Gasteiger partial charge on any atom is -0.394 e. The summed E-state index contributed by atoms with van der Waals surface area (Å²) in [6, 6.07) is 0. The molecule has 3 amide bonds. The number of unbranched alkanes of at least 4 members (excludes halogenated alkanes) is 3. The molecule has 1 heterocycles. The Kier molecular flexibility index (Phi) is 14.0. The van der Waals surface area contributed by atoms with E-state index in [0.29, 0.717) is 6.54 Å². The van der Waals surface area contributed by atoms with Crippen molar-refractivity contribution in [1.29, 1.82) is 0 Å². The van der Waals surface area contributed by atoms with Crippen LogP contribution in [0.4, 0.5) is 0 Å². The third kappa shape index (κ3) is 11.2. The first kappa shape index (κ1) is 29.2. The van der Waals surface area contributed by atoms with Gasteiger partial charge in [0.05, 0.1) is 32.8 Å². The van der Waals surface area contributed by atoms with Crippen LogP contribution < -0.4 is 16.4 Å². The minimum atomic E-state index is -1.56. The quantitative estimate of drug-likeness (QED) is 0.109. The Hall–Kier alpha value is -1.87. The van der Waals surface area contributed by atoms with E-state index in [1.807, 2.05) is 0 Å². The van der Waals surface area contributed by atoms with Crippen molar-refractivity contribution >= 4 is 17.7 Å². The summed E-state index contributed by atoms with van der Waals surface area (Å²) < 4.78 is 10.5. The largest absolute Gasteiger partial charge is 0.394 e. The molecule has 33 heavy (non-hydrogen) atoms. The van der Waals surface area contributed by atoms with E-state index in [-0.39, 0.29) is 38.7 Å². The number of ether oxygens (including phenoxy) is 2. The van der Waals surface area contributed by atoms with E-state index in [9.17, 15) is 29.7 Å². The van der Waals surface area contributed by atoms with Gasteiger partial charge in [0.2, 0.25) is 17.7 Å². The maximum Gasteiger partial charge on any atom is 0.234 e. The van der Waals surface area contributed by atoms with Crippen molar-refractivity contribution in [1.82, 2.24) is 15.5 Å². The molecule has 192 valence electrons. The molecule has 8 N–H and O–H groups in total. The highest BCUT2D eigenvalue weighted by Gasteiger charge is 2.43. The third-order valence-electron chi connectivity index (χ3n) is 5.02. The summed E-state index contributed by atoms with van der Waals surface area (Å²) in [7, 11) is 0. The number of hydrogen-bond donors (Lipinski definition) is 7. The fourth-order valence-corrected chi connectivity index (χ4v) is 3.26. The molecule has 1 aliphatic rings. The van der Waals surface area contributed by atoms with E-state index in [4.69, 9.17) is 20.3 Å². The number of nitrogens with two attached hydrogens (primary N) is 1. The normalized spacial score (nSPS) is 25.1. The lowest BCUT2D eigenvalue weighted by Crippen LogP contribution is -2.59. The van der Waals surface area contributed by atoms with Crippen molar-refractivity contribution in [3.05, 3.63) is 0 Å². The molecule has 0 spiro atoms. The minimum absolute atomic E-state index is 0.00188. The Balaban J connectivity index is 2.37. The van der Waals surface area contributed by atoms with Crippen LogP contribution in [-0.2, 0) is 23.9 Å². The van der Waals surface area contributed by atoms with Gasteiger partial charge in [0, 0.05) is 13.1 Å². The van der Waals surface area contributed by atoms with Crippen LogP contribution in [0, 0.1) is 0 Å². The predicted molar refractivity (Wildman–Crippen MR) is 116 cm³/mol. The third-order valence-corrected chi connectivity index (χ3v) is 5.02. The molecule has 0 aliphatic carbocycles. The topological polar surface area (TPSA) is 204 Å². The number of hydrogen-bond acceptors (Lipinski definition) is 10. The van der Waals surface area contributed by atoms with Crippen LogP contribution in [0.2, 0.25) is 0 Å². The Labute approximate surface area is 193 Å². The number of nitrogens with zero attached hydrogens (tertiary/aromatic N) is 1. The highest BCUT2D eigenvalue weighted by Crippen LogP contribution is 2.21. The van der Waals surface area contributed by atoms with Gasteiger partial charge < -0.3 is 46.3 Å². The smallest absolute Gasteiger partial charge is 0.234 e. The molecule has 1 aliphatic heterocycles. The van der Waals surface area contributed by atoms with Gasteiger partial charge in [0.25, 0.3) is 0 Å². The van der Waals surface area contributed by atoms with Crippen LogP contribution >= 0.6 is 0 Å². The average Bonchev–Trinajstić information content (AvgIpc) is 2.75. The number of carbonyl (C=O) groups excluding carboxylic acids is 3. The molecular weight excluding hydrogens is 440 g/mol. The SMILES string of the molecule is CCCCCCNC(=O)CN(CC(N)=O)CC(=O)NCCO[C@H]1OC(CO)[C@@H](O)C(O)C1O. The van der Waals surface area contributed by atoms with E-state index >= 15 is 0 Å². The highest BCUT2D eigenvalue weighted by molar-refractivity contribution is 5.83. The molecule has 13 nitrogen and oxygen atoms in total. The van der Waals surface area contributed by atoms with Crippen molar-refractivity contribution in [2.24, 2.45) is 5.73 Å². The number of nitrogens with one attached hydrogen (secondary N) is 2. The van der Waals surface area contributed by atoms with Crippen molar-refractivity contribution in [3.63, 3.8) is 0 Å². The second kappa shape index (κ2) is 15.9. The monoisotopic (exact) mass is 478 g/mol. The molecular formula is C20H38N4O9. The maximum absolute atomic E-state index is 12.2. The molecule has 1 saturated heterocycles. The van der Waals surface area contributed by atoms with Gasteiger partial charge in [-0.25, -0.2) is 0 Å². The van der Waals surface area contributed by atoms with Crippen molar-refractivity contribution < 1.29 is 44.3 Å². The summed E-state index contributed by atoms with van der Waals surface area (Å²) >= 11 is 0.